The number of aromatic nitrogens is 4. The molecule has 126 valence electrons. The first kappa shape index (κ1) is 15.4. The molecule has 2 N–H and O–H groups in total. The quantitative estimate of drug-likeness (QED) is 0.589. The molecule has 1 unspecified atom stereocenters. The zero-order valence-electron chi connectivity index (χ0n) is 13.9. The van der Waals surface area contributed by atoms with E-state index in [1.54, 1.807) is 0 Å². The van der Waals surface area contributed by atoms with Crippen LogP contribution in [0.2, 0.25) is 0 Å². The summed E-state index contributed by atoms with van der Waals surface area (Å²) in [4.78, 5) is 20.0. The van der Waals surface area contributed by atoms with Gasteiger partial charge >= 0.3 is 0 Å². The molecule has 0 saturated heterocycles. The maximum absolute atomic E-state index is 12.2. The minimum Gasteiger partial charge on any atom is -0.348 e. The number of para-hydroxylation sites is 2. The van der Waals surface area contributed by atoms with E-state index in [1.165, 1.54) is 0 Å². The van der Waals surface area contributed by atoms with Crippen LogP contribution in [-0.4, -0.2) is 25.5 Å². The zero-order valence-corrected chi connectivity index (χ0v) is 13.9. The molecule has 0 aliphatic carbocycles. The molecule has 6 heteroatoms. The lowest BCUT2D eigenvalue weighted by atomic mass is 10.2. The van der Waals surface area contributed by atoms with Crippen LogP contribution in [0, 0.1) is 0 Å². The van der Waals surface area contributed by atoms with Crippen molar-refractivity contribution in [3.63, 3.8) is 0 Å². The van der Waals surface area contributed by atoms with Crippen LogP contribution in [-0.2, 0) is 11.2 Å². The van der Waals surface area contributed by atoms with Crippen LogP contribution >= 0.6 is 0 Å². The molecule has 6 nitrogen and oxygen atoms in total. The Balaban J connectivity index is 1.37. The van der Waals surface area contributed by atoms with Crippen LogP contribution in [0.4, 0.5) is 0 Å². The summed E-state index contributed by atoms with van der Waals surface area (Å²) in [7, 11) is 0. The second-order valence-electron chi connectivity index (χ2n) is 6.13. The highest BCUT2D eigenvalue weighted by atomic mass is 16.1. The molecule has 1 aromatic carbocycles. The minimum absolute atomic E-state index is 0.00925. The Bertz CT molecular complexity index is 966. The number of amides is 1. The number of pyridine rings is 1. The third-order valence-corrected chi connectivity index (χ3v) is 4.24. The van der Waals surface area contributed by atoms with Crippen molar-refractivity contribution in [2.75, 3.05) is 0 Å². The monoisotopic (exact) mass is 333 g/mol. The summed E-state index contributed by atoms with van der Waals surface area (Å²) in [6.07, 6.45) is 2.87. The first-order chi connectivity index (χ1) is 12.2. The van der Waals surface area contributed by atoms with Gasteiger partial charge in [0.15, 0.2) is 0 Å². The Morgan fingerprint density at radius 3 is 2.92 bits per heavy atom. The van der Waals surface area contributed by atoms with Gasteiger partial charge < -0.3 is 10.3 Å². The normalized spacial score (nSPS) is 12.5. The zero-order chi connectivity index (χ0) is 17.2. The van der Waals surface area contributed by atoms with E-state index in [0.717, 1.165) is 28.1 Å². The van der Waals surface area contributed by atoms with Crippen molar-refractivity contribution in [2.45, 2.75) is 25.8 Å². The number of carbonyl (C=O) groups excluding carboxylic acids is 1. The predicted octanol–water partition coefficient (Wildman–Crippen LogP) is 3.02. The summed E-state index contributed by atoms with van der Waals surface area (Å²) in [6, 6.07) is 15.6. The van der Waals surface area contributed by atoms with Crippen molar-refractivity contribution in [1.82, 2.24) is 24.9 Å². The molecule has 0 aliphatic rings. The number of benzene rings is 1. The number of H-pyrrole nitrogens is 1. The van der Waals surface area contributed by atoms with Gasteiger partial charge in [-0.05, 0) is 37.3 Å². The number of carbonyl (C=O) groups is 1. The van der Waals surface area contributed by atoms with Crippen LogP contribution in [0.5, 0.6) is 0 Å². The van der Waals surface area contributed by atoms with Gasteiger partial charge in [0.1, 0.15) is 5.82 Å². The highest BCUT2D eigenvalue weighted by Gasteiger charge is 2.13. The van der Waals surface area contributed by atoms with Gasteiger partial charge in [-0.2, -0.15) is 5.10 Å². The third kappa shape index (κ3) is 3.24. The van der Waals surface area contributed by atoms with E-state index in [4.69, 9.17) is 0 Å². The van der Waals surface area contributed by atoms with Crippen LogP contribution < -0.4 is 5.32 Å². The molecule has 4 rings (SSSR count). The molecule has 1 atom stereocenters. The number of fused-ring (bicyclic) bond motifs is 2. The van der Waals surface area contributed by atoms with Crippen molar-refractivity contribution in [3.8, 4) is 0 Å². The molecule has 0 bridgehead atoms. The number of imidazole rings is 1. The fourth-order valence-electron chi connectivity index (χ4n) is 2.91. The molecular weight excluding hydrogens is 314 g/mol. The molecular formula is C19H19N5O. The number of aryl methyl sites for hydroxylation is 1. The second-order valence-corrected chi connectivity index (χ2v) is 6.13. The standard InChI is InChI=1S/C19H19N5O/c1-13(17-12-14-6-4-5-11-24(14)23-17)20-19(25)10-9-18-21-15-7-2-3-8-16(15)22-18/h2-8,11-13H,9-10H2,1H3,(H,20,25)(H,21,22). The van der Waals surface area contributed by atoms with Gasteiger partial charge in [-0.15, -0.1) is 0 Å². The Morgan fingerprint density at radius 2 is 2.08 bits per heavy atom. The number of nitrogens with one attached hydrogen (secondary N) is 2. The second kappa shape index (κ2) is 6.39. The van der Waals surface area contributed by atoms with Gasteiger partial charge in [0.05, 0.1) is 28.3 Å². The lowest BCUT2D eigenvalue weighted by Gasteiger charge is -2.10. The minimum atomic E-state index is -0.136. The van der Waals surface area contributed by atoms with Crippen LogP contribution in [0.3, 0.4) is 0 Å². The highest BCUT2D eigenvalue weighted by molar-refractivity contribution is 5.77. The van der Waals surface area contributed by atoms with Gasteiger partial charge in [0, 0.05) is 19.0 Å². The van der Waals surface area contributed by atoms with E-state index in [9.17, 15) is 4.79 Å². The Kier molecular flexibility index (Phi) is 3.93. The lowest BCUT2D eigenvalue weighted by Crippen LogP contribution is -2.27. The van der Waals surface area contributed by atoms with Crippen molar-refractivity contribution >= 4 is 22.5 Å². The van der Waals surface area contributed by atoms with E-state index in [1.807, 2.05) is 66.2 Å². The maximum atomic E-state index is 12.2. The summed E-state index contributed by atoms with van der Waals surface area (Å²) in [5, 5.41) is 7.50. The molecule has 4 aromatic rings. The first-order valence-corrected chi connectivity index (χ1v) is 8.36. The number of aromatic amines is 1. The topological polar surface area (TPSA) is 75.1 Å². The largest absolute Gasteiger partial charge is 0.348 e. The van der Waals surface area contributed by atoms with Crippen molar-refractivity contribution in [2.24, 2.45) is 0 Å². The third-order valence-electron chi connectivity index (χ3n) is 4.24. The molecule has 0 spiro atoms. The summed E-state index contributed by atoms with van der Waals surface area (Å²) in [5.74, 6) is 0.821. The SMILES string of the molecule is CC(NC(=O)CCc1nc2ccccc2[nH]1)c1cc2ccccn2n1. The number of hydrogen-bond donors (Lipinski definition) is 2. The Hall–Kier alpha value is -3.15. The molecule has 3 heterocycles. The average Bonchev–Trinajstić information content (AvgIpc) is 3.23. The lowest BCUT2D eigenvalue weighted by molar-refractivity contribution is -0.121. The summed E-state index contributed by atoms with van der Waals surface area (Å²) < 4.78 is 1.81. The van der Waals surface area contributed by atoms with Gasteiger partial charge in [0.2, 0.25) is 5.91 Å². The van der Waals surface area contributed by atoms with E-state index < -0.39 is 0 Å². The molecule has 0 saturated carbocycles. The van der Waals surface area contributed by atoms with Crippen molar-refractivity contribution < 1.29 is 4.79 Å². The van der Waals surface area contributed by atoms with Gasteiger partial charge in [-0.25, -0.2) is 9.50 Å². The van der Waals surface area contributed by atoms with Gasteiger partial charge in [-0.1, -0.05) is 18.2 Å². The smallest absolute Gasteiger partial charge is 0.220 e. The molecule has 0 radical (unpaired) electrons. The summed E-state index contributed by atoms with van der Waals surface area (Å²) in [5.41, 5.74) is 3.79. The van der Waals surface area contributed by atoms with Crippen molar-refractivity contribution in [3.05, 3.63) is 66.2 Å². The molecule has 3 aromatic heterocycles. The van der Waals surface area contributed by atoms with E-state index in [-0.39, 0.29) is 11.9 Å². The van der Waals surface area contributed by atoms with Crippen molar-refractivity contribution in [1.29, 1.82) is 0 Å². The Morgan fingerprint density at radius 1 is 1.24 bits per heavy atom. The summed E-state index contributed by atoms with van der Waals surface area (Å²) >= 11 is 0. The number of hydrogen-bond acceptors (Lipinski definition) is 3. The van der Waals surface area contributed by atoms with E-state index in [0.29, 0.717) is 12.8 Å². The highest BCUT2D eigenvalue weighted by Crippen LogP contribution is 2.15. The van der Waals surface area contributed by atoms with E-state index >= 15 is 0 Å². The Labute approximate surface area is 144 Å². The molecule has 1 amide bonds. The first-order valence-electron chi connectivity index (χ1n) is 8.36. The molecule has 0 aliphatic heterocycles. The maximum Gasteiger partial charge on any atom is 0.220 e. The average molecular weight is 333 g/mol. The predicted molar refractivity (Wildman–Crippen MR) is 96.2 cm³/mol. The van der Waals surface area contributed by atoms with Gasteiger partial charge in [0.25, 0.3) is 0 Å². The fourth-order valence-corrected chi connectivity index (χ4v) is 2.91. The van der Waals surface area contributed by atoms with Crippen LogP contribution in [0.1, 0.15) is 30.9 Å². The molecule has 0 fully saturated rings. The fraction of sp³-hybridized carbons (Fsp3) is 0.211. The summed E-state index contributed by atoms with van der Waals surface area (Å²) in [6.45, 7) is 1.95. The van der Waals surface area contributed by atoms with Crippen LogP contribution in [0.15, 0.2) is 54.7 Å². The number of nitrogens with zero attached hydrogens (tertiary/aromatic N) is 3. The van der Waals surface area contributed by atoms with Crippen LogP contribution in [0.25, 0.3) is 16.6 Å². The number of rotatable bonds is 5. The van der Waals surface area contributed by atoms with E-state index in [2.05, 4.69) is 20.4 Å². The van der Waals surface area contributed by atoms with Gasteiger partial charge in [-0.3, -0.25) is 4.79 Å². The molecule has 25 heavy (non-hydrogen) atoms.